The van der Waals surface area contributed by atoms with Gasteiger partial charge in [-0.2, -0.15) is 0 Å². The molecule has 3 rings (SSSR count). The van der Waals surface area contributed by atoms with Gasteiger partial charge >= 0.3 is 5.97 Å². The zero-order valence-electron chi connectivity index (χ0n) is 11.7. The quantitative estimate of drug-likeness (QED) is 0.750. The number of sulfonamides is 1. The fourth-order valence-electron chi connectivity index (χ4n) is 4.06. The Balaban J connectivity index is 1.63. The fourth-order valence-corrected chi connectivity index (χ4v) is 5.99. The van der Waals surface area contributed by atoms with Crippen LogP contribution in [-0.4, -0.2) is 31.3 Å². The van der Waals surface area contributed by atoms with Gasteiger partial charge in [0.25, 0.3) is 0 Å². The lowest BCUT2D eigenvalue weighted by atomic mass is 9.87. The summed E-state index contributed by atoms with van der Waals surface area (Å²) in [4.78, 5) is 11.2. The number of nitrogens with one attached hydrogen (secondary N) is 1. The molecule has 3 aliphatic rings. The number of hydrogen-bond acceptors (Lipinski definition) is 3. The molecule has 3 aliphatic carbocycles. The maximum absolute atomic E-state index is 12.3. The highest BCUT2D eigenvalue weighted by atomic mass is 32.2. The zero-order chi connectivity index (χ0) is 14.4. The monoisotopic (exact) mass is 301 g/mol. The summed E-state index contributed by atoms with van der Waals surface area (Å²) in [5.41, 5.74) is -0.0703. The van der Waals surface area contributed by atoms with Crippen LogP contribution in [0, 0.1) is 17.3 Å². The zero-order valence-corrected chi connectivity index (χ0v) is 12.5. The molecule has 0 aliphatic heterocycles. The van der Waals surface area contributed by atoms with Crippen LogP contribution in [0.4, 0.5) is 0 Å². The minimum atomic E-state index is -3.50. The molecule has 0 amide bonds. The number of aliphatic carboxylic acids is 1. The minimum Gasteiger partial charge on any atom is -0.480 e. The van der Waals surface area contributed by atoms with Crippen molar-refractivity contribution in [1.29, 1.82) is 0 Å². The van der Waals surface area contributed by atoms with E-state index >= 15 is 0 Å². The number of carboxylic acid groups (broad SMARTS) is 1. The molecule has 5 nitrogen and oxygen atoms in total. The Bertz CT molecular complexity index is 489. The van der Waals surface area contributed by atoms with Gasteiger partial charge in [0.05, 0.1) is 5.75 Å². The van der Waals surface area contributed by atoms with Gasteiger partial charge in [0.15, 0.2) is 0 Å². The lowest BCUT2D eigenvalue weighted by Gasteiger charge is -2.27. The van der Waals surface area contributed by atoms with Crippen molar-refractivity contribution in [2.45, 2.75) is 57.4 Å². The Morgan fingerprint density at radius 1 is 1.25 bits per heavy atom. The molecule has 0 heterocycles. The summed E-state index contributed by atoms with van der Waals surface area (Å²) in [6.45, 7) is 0. The first-order valence-electron chi connectivity index (χ1n) is 7.60. The predicted octanol–water partition coefficient (Wildman–Crippen LogP) is 1.74. The lowest BCUT2D eigenvalue weighted by Crippen LogP contribution is -2.44. The third-order valence-electron chi connectivity index (χ3n) is 5.27. The third kappa shape index (κ3) is 3.17. The van der Waals surface area contributed by atoms with E-state index in [2.05, 4.69) is 4.72 Å². The molecule has 2 N–H and O–H groups in total. The molecule has 0 unspecified atom stereocenters. The van der Waals surface area contributed by atoms with Crippen molar-refractivity contribution < 1.29 is 18.3 Å². The van der Waals surface area contributed by atoms with Crippen LogP contribution in [-0.2, 0) is 14.8 Å². The molecule has 114 valence electrons. The molecule has 2 bridgehead atoms. The molecular formula is C14H23NO4S. The van der Waals surface area contributed by atoms with E-state index in [1.165, 1.54) is 0 Å². The highest BCUT2D eigenvalue weighted by molar-refractivity contribution is 7.89. The third-order valence-corrected chi connectivity index (χ3v) is 6.91. The van der Waals surface area contributed by atoms with Crippen LogP contribution < -0.4 is 4.72 Å². The molecule has 6 heteroatoms. The first-order chi connectivity index (χ1) is 9.38. The molecule has 3 saturated carbocycles. The second kappa shape index (κ2) is 4.98. The van der Waals surface area contributed by atoms with E-state index in [-0.39, 0.29) is 11.2 Å². The van der Waals surface area contributed by atoms with E-state index in [1.54, 1.807) is 0 Å². The number of hydrogen-bond donors (Lipinski definition) is 2. The Hall–Kier alpha value is -0.620. The SMILES string of the molecule is O=C(O)[C@H](CC1CC1)NS(=O)(=O)CC12CCC(CC1)C2. The fraction of sp³-hybridized carbons (Fsp3) is 0.929. The van der Waals surface area contributed by atoms with Gasteiger partial charge in [-0.15, -0.1) is 0 Å². The Labute approximate surface area is 120 Å². The normalized spacial score (nSPS) is 34.3. The Morgan fingerprint density at radius 2 is 1.90 bits per heavy atom. The lowest BCUT2D eigenvalue weighted by molar-refractivity contribution is -0.139. The van der Waals surface area contributed by atoms with Crippen LogP contribution in [0.15, 0.2) is 0 Å². The summed E-state index contributed by atoms with van der Waals surface area (Å²) in [5.74, 6) is 0.158. The highest BCUT2D eigenvalue weighted by Crippen LogP contribution is 2.54. The molecule has 0 saturated heterocycles. The van der Waals surface area contributed by atoms with Crippen LogP contribution >= 0.6 is 0 Å². The molecule has 0 radical (unpaired) electrons. The van der Waals surface area contributed by atoms with Gasteiger partial charge in [-0.1, -0.05) is 12.8 Å². The summed E-state index contributed by atoms with van der Waals surface area (Å²) >= 11 is 0. The molecule has 0 aromatic rings. The summed E-state index contributed by atoms with van der Waals surface area (Å²) in [6.07, 6.45) is 7.74. The maximum atomic E-state index is 12.3. The van der Waals surface area contributed by atoms with Crippen molar-refractivity contribution in [3.8, 4) is 0 Å². The molecule has 0 aromatic heterocycles. The average molecular weight is 301 g/mol. The van der Waals surface area contributed by atoms with E-state index in [1.807, 2.05) is 0 Å². The average Bonchev–Trinajstić information content (AvgIpc) is 2.96. The first kappa shape index (κ1) is 14.3. The summed E-state index contributed by atoms with van der Waals surface area (Å²) in [7, 11) is -3.50. The van der Waals surface area contributed by atoms with Crippen molar-refractivity contribution in [1.82, 2.24) is 4.72 Å². The van der Waals surface area contributed by atoms with Gasteiger partial charge in [0.1, 0.15) is 6.04 Å². The van der Waals surface area contributed by atoms with Gasteiger partial charge in [-0.3, -0.25) is 4.79 Å². The van der Waals surface area contributed by atoms with Crippen molar-refractivity contribution in [2.75, 3.05) is 5.75 Å². The van der Waals surface area contributed by atoms with Crippen LogP contribution in [0.5, 0.6) is 0 Å². The second-order valence-corrected chi connectivity index (χ2v) is 8.85. The Morgan fingerprint density at radius 3 is 2.35 bits per heavy atom. The number of fused-ring (bicyclic) bond motifs is 2. The number of rotatable bonds is 7. The molecule has 0 spiro atoms. The summed E-state index contributed by atoms with van der Waals surface area (Å²) in [5, 5.41) is 9.18. The first-order valence-corrected chi connectivity index (χ1v) is 9.26. The van der Waals surface area contributed by atoms with Gasteiger partial charge in [-0.05, 0) is 55.8 Å². The maximum Gasteiger partial charge on any atom is 0.321 e. The van der Waals surface area contributed by atoms with E-state index < -0.39 is 22.0 Å². The van der Waals surface area contributed by atoms with Crippen LogP contribution in [0.2, 0.25) is 0 Å². The van der Waals surface area contributed by atoms with E-state index in [0.29, 0.717) is 18.3 Å². The Kier molecular flexibility index (Phi) is 3.57. The van der Waals surface area contributed by atoms with E-state index in [9.17, 15) is 18.3 Å². The van der Waals surface area contributed by atoms with Crippen LogP contribution in [0.25, 0.3) is 0 Å². The number of carboxylic acids is 1. The van der Waals surface area contributed by atoms with Gasteiger partial charge in [-0.25, -0.2) is 13.1 Å². The van der Waals surface area contributed by atoms with Crippen molar-refractivity contribution >= 4 is 16.0 Å². The standard InChI is InChI=1S/C14H23NO4S/c16-13(17)12(7-10-1-2-10)15-20(18,19)9-14-5-3-11(8-14)4-6-14/h10-12,15H,1-9H2,(H,16,17)/t11?,12-,14?/m0/s1. The van der Waals surface area contributed by atoms with Crippen LogP contribution in [0.1, 0.15) is 51.4 Å². The highest BCUT2D eigenvalue weighted by Gasteiger charge is 2.47. The topological polar surface area (TPSA) is 83.5 Å². The predicted molar refractivity (Wildman–Crippen MR) is 74.7 cm³/mol. The molecule has 3 fully saturated rings. The molecule has 20 heavy (non-hydrogen) atoms. The van der Waals surface area contributed by atoms with Gasteiger partial charge in [0.2, 0.25) is 10.0 Å². The minimum absolute atomic E-state index is 0.0703. The largest absolute Gasteiger partial charge is 0.480 e. The van der Waals surface area contributed by atoms with Crippen molar-refractivity contribution in [2.24, 2.45) is 17.3 Å². The van der Waals surface area contributed by atoms with Gasteiger partial charge < -0.3 is 5.11 Å². The smallest absolute Gasteiger partial charge is 0.321 e. The summed E-state index contributed by atoms with van der Waals surface area (Å²) in [6, 6.07) is -0.942. The van der Waals surface area contributed by atoms with E-state index in [0.717, 1.165) is 44.9 Å². The van der Waals surface area contributed by atoms with Gasteiger partial charge in [0, 0.05) is 0 Å². The molecular weight excluding hydrogens is 278 g/mol. The molecule has 0 aromatic carbocycles. The van der Waals surface area contributed by atoms with Crippen molar-refractivity contribution in [3.63, 3.8) is 0 Å². The molecule has 1 atom stereocenters. The van der Waals surface area contributed by atoms with Crippen LogP contribution in [0.3, 0.4) is 0 Å². The number of carbonyl (C=O) groups is 1. The van der Waals surface area contributed by atoms with E-state index in [4.69, 9.17) is 0 Å². The summed E-state index contributed by atoms with van der Waals surface area (Å²) < 4.78 is 27.1. The second-order valence-electron chi connectivity index (χ2n) is 7.09. The van der Waals surface area contributed by atoms with Crippen molar-refractivity contribution in [3.05, 3.63) is 0 Å².